The average molecular weight is 410 g/mol. The van der Waals surface area contributed by atoms with Crippen LogP contribution in [0.1, 0.15) is 6.92 Å². The zero-order chi connectivity index (χ0) is 19.7. The zero-order valence-electron chi connectivity index (χ0n) is 14.9. The molecule has 7 heteroatoms. The number of Topliss-reactive ketones (excluding diaryl/α,β-unsaturated/α-hetero) is 1. The van der Waals surface area contributed by atoms with Crippen molar-refractivity contribution < 1.29 is 9.90 Å². The Kier molecular flexibility index (Phi) is 5.07. The Bertz CT molecular complexity index is 1170. The number of fused-ring (bicyclic) bond motifs is 1. The first-order valence-corrected chi connectivity index (χ1v) is 9.95. The molecule has 5 nitrogen and oxygen atoms in total. The highest BCUT2D eigenvalue weighted by atomic mass is 35.5. The van der Waals surface area contributed by atoms with E-state index in [1.165, 1.54) is 11.8 Å². The summed E-state index contributed by atoms with van der Waals surface area (Å²) in [5.74, 6) is 0.676. The fourth-order valence-electron chi connectivity index (χ4n) is 2.86. The summed E-state index contributed by atoms with van der Waals surface area (Å²) in [6.45, 7) is 1.54. The Labute approximate surface area is 170 Å². The highest BCUT2D eigenvalue weighted by Crippen LogP contribution is 2.33. The van der Waals surface area contributed by atoms with Crippen molar-refractivity contribution in [3.63, 3.8) is 0 Å². The van der Waals surface area contributed by atoms with Gasteiger partial charge in [-0.15, -0.1) is 0 Å². The number of nitrogens with zero attached hydrogens (tertiary/aromatic N) is 2. The van der Waals surface area contributed by atoms with Gasteiger partial charge in [0.1, 0.15) is 11.5 Å². The number of carbonyl (C=O) groups is 1. The molecule has 140 valence electrons. The molecule has 0 spiro atoms. The first-order valence-electron chi connectivity index (χ1n) is 8.58. The van der Waals surface area contributed by atoms with Crippen LogP contribution in [0.25, 0.3) is 33.5 Å². The maximum Gasteiger partial charge on any atom is 0.179 e. The molecule has 0 saturated carbocycles. The highest BCUT2D eigenvalue weighted by molar-refractivity contribution is 7.99. The van der Waals surface area contributed by atoms with Gasteiger partial charge in [0.15, 0.2) is 10.8 Å². The van der Waals surface area contributed by atoms with Crippen molar-refractivity contribution in [2.45, 2.75) is 12.1 Å². The van der Waals surface area contributed by atoms with Gasteiger partial charge in [-0.25, -0.2) is 9.97 Å². The van der Waals surface area contributed by atoms with E-state index in [2.05, 4.69) is 15.0 Å². The van der Waals surface area contributed by atoms with Gasteiger partial charge in [-0.2, -0.15) is 0 Å². The van der Waals surface area contributed by atoms with Crippen molar-refractivity contribution in [2.24, 2.45) is 0 Å². The molecular formula is C21H16ClN3O2S. The number of pyridine rings is 1. The SMILES string of the molecule is CC(=O)CSc1nc2nc(-c3ccc(-c4ccccc4O)cc3)c(Cl)cc2[nH]1. The molecule has 0 aliphatic carbocycles. The number of phenolic OH excluding ortho intramolecular Hbond substituents is 1. The maximum absolute atomic E-state index is 11.2. The lowest BCUT2D eigenvalue weighted by Gasteiger charge is -2.07. The Morgan fingerprint density at radius 2 is 1.82 bits per heavy atom. The number of hydrogen-bond donors (Lipinski definition) is 2. The predicted molar refractivity (Wildman–Crippen MR) is 113 cm³/mol. The van der Waals surface area contributed by atoms with Gasteiger partial charge >= 0.3 is 0 Å². The topological polar surface area (TPSA) is 78.9 Å². The summed E-state index contributed by atoms with van der Waals surface area (Å²) in [6.07, 6.45) is 0. The molecule has 0 bridgehead atoms. The standard InChI is InChI=1S/C21H16ClN3O2S/c1-12(26)11-28-21-23-17-10-16(22)19(24-20(17)25-21)14-8-6-13(7-9-14)15-4-2-3-5-18(15)27/h2-10,27H,11H2,1H3,(H,23,24,25). The lowest BCUT2D eigenvalue weighted by atomic mass is 10.0. The van der Waals surface area contributed by atoms with Crippen LogP contribution in [-0.2, 0) is 4.79 Å². The van der Waals surface area contributed by atoms with Gasteiger partial charge < -0.3 is 10.1 Å². The molecule has 0 aliphatic heterocycles. The first-order chi connectivity index (χ1) is 13.5. The third-order valence-corrected chi connectivity index (χ3v) is 5.50. The Hall–Kier alpha value is -2.83. The number of hydrogen-bond acceptors (Lipinski definition) is 5. The molecule has 2 aromatic heterocycles. The molecular weight excluding hydrogens is 394 g/mol. The number of phenols is 1. The van der Waals surface area contributed by atoms with Crippen LogP contribution in [0.3, 0.4) is 0 Å². The van der Waals surface area contributed by atoms with E-state index in [-0.39, 0.29) is 11.5 Å². The van der Waals surface area contributed by atoms with E-state index in [0.717, 1.165) is 22.2 Å². The van der Waals surface area contributed by atoms with Crippen LogP contribution in [0.5, 0.6) is 5.75 Å². The van der Waals surface area contributed by atoms with Crippen molar-refractivity contribution >= 4 is 40.3 Å². The monoisotopic (exact) mass is 409 g/mol. The van der Waals surface area contributed by atoms with Gasteiger partial charge in [0.25, 0.3) is 0 Å². The fourth-order valence-corrected chi connectivity index (χ4v) is 3.80. The number of para-hydroxylation sites is 1. The number of carbonyl (C=O) groups excluding carboxylic acids is 1. The largest absolute Gasteiger partial charge is 0.507 e. The number of nitrogens with one attached hydrogen (secondary N) is 1. The van der Waals surface area contributed by atoms with E-state index in [9.17, 15) is 9.90 Å². The zero-order valence-corrected chi connectivity index (χ0v) is 16.5. The van der Waals surface area contributed by atoms with Gasteiger partial charge in [0.05, 0.1) is 22.0 Å². The number of aromatic nitrogens is 3. The maximum atomic E-state index is 11.2. The van der Waals surface area contributed by atoms with Crippen LogP contribution >= 0.6 is 23.4 Å². The minimum atomic E-state index is 0.0849. The molecule has 0 radical (unpaired) electrons. The number of rotatable bonds is 5. The first kappa shape index (κ1) is 18.5. The number of thioether (sulfide) groups is 1. The molecule has 0 saturated heterocycles. The Morgan fingerprint density at radius 1 is 1.11 bits per heavy atom. The predicted octanol–water partition coefficient (Wildman–Crippen LogP) is 5.33. The van der Waals surface area contributed by atoms with Crippen molar-refractivity contribution in [2.75, 3.05) is 5.75 Å². The van der Waals surface area contributed by atoms with Crippen molar-refractivity contribution in [3.05, 3.63) is 59.6 Å². The van der Waals surface area contributed by atoms with Crippen LogP contribution in [0, 0.1) is 0 Å². The fraction of sp³-hybridized carbons (Fsp3) is 0.0952. The van der Waals surface area contributed by atoms with E-state index >= 15 is 0 Å². The van der Waals surface area contributed by atoms with E-state index in [0.29, 0.717) is 27.3 Å². The van der Waals surface area contributed by atoms with E-state index in [4.69, 9.17) is 11.6 Å². The van der Waals surface area contributed by atoms with Gasteiger partial charge in [0, 0.05) is 11.1 Å². The molecule has 2 aromatic carbocycles. The van der Waals surface area contributed by atoms with Gasteiger partial charge in [-0.3, -0.25) is 4.79 Å². The molecule has 0 amide bonds. The summed E-state index contributed by atoms with van der Waals surface area (Å²) < 4.78 is 0. The number of aromatic hydroxyl groups is 1. The second kappa shape index (κ2) is 7.66. The molecule has 2 N–H and O–H groups in total. The summed E-state index contributed by atoms with van der Waals surface area (Å²) in [4.78, 5) is 23.3. The summed E-state index contributed by atoms with van der Waals surface area (Å²) in [5.41, 5.74) is 4.44. The second-order valence-corrected chi connectivity index (χ2v) is 7.69. The number of halogens is 1. The van der Waals surface area contributed by atoms with Crippen LogP contribution in [0.2, 0.25) is 5.02 Å². The molecule has 0 fully saturated rings. The Morgan fingerprint density at radius 3 is 2.54 bits per heavy atom. The van der Waals surface area contributed by atoms with E-state index < -0.39 is 0 Å². The van der Waals surface area contributed by atoms with Gasteiger partial charge in [0.2, 0.25) is 0 Å². The summed E-state index contributed by atoms with van der Waals surface area (Å²) >= 11 is 7.79. The van der Waals surface area contributed by atoms with Crippen molar-refractivity contribution in [1.82, 2.24) is 15.0 Å². The molecule has 0 atom stereocenters. The minimum absolute atomic E-state index is 0.0849. The number of H-pyrrole nitrogens is 1. The summed E-state index contributed by atoms with van der Waals surface area (Å²) in [7, 11) is 0. The number of ketones is 1. The molecule has 0 unspecified atom stereocenters. The summed E-state index contributed by atoms with van der Waals surface area (Å²) in [5, 5.41) is 11.2. The average Bonchev–Trinajstić information content (AvgIpc) is 3.08. The quantitative estimate of drug-likeness (QED) is 0.435. The van der Waals surface area contributed by atoms with Crippen LogP contribution in [0.4, 0.5) is 0 Å². The number of imidazole rings is 1. The molecule has 2 heterocycles. The lowest BCUT2D eigenvalue weighted by molar-refractivity contribution is -0.114. The number of aromatic amines is 1. The van der Waals surface area contributed by atoms with Crippen molar-refractivity contribution in [1.29, 1.82) is 0 Å². The smallest absolute Gasteiger partial charge is 0.179 e. The minimum Gasteiger partial charge on any atom is -0.507 e. The third kappa shape index (κ3) is 3.74. The normalized spacial score (nSPS) is 11.1. The molecule has 4 aromatic rings. The van der Waals surface area contributed by atoms with Crippen molar-refractivity contribution in [3.8, 4) is 28.1 Å². The van der Waals surface area contributed by atoms with Crippen LogP contribution in [-0.4, -0.2) is 31.6 Å². The molecule has 4 rings (SSSR count). The van der Waals surface area contributed by atoms with Crippen LogP contribution < -0.4 is 0 Å². The van der Waals surface area contributed by atoms with Gasteiger partial charge in [-0.05, 0) is 24.6 Å². The molecule has 28 heavy (non-hydrogen) atoms. The van der Waals surface area contributed by atoms with Gasteiger partial charge in [-0.1, -0.05) is 65.8 Å². The summed E-state index contributed by atoms with van der Waals surface area (Å²) in [6, 6.07) is 16.7. The van der Waals surface area contributed by atoms with E-state index in [1.54, 1.807) is 25.1 Å². The lowest BCUT2D eigenvalue weighted by Crippen LogP contribution is -1.93. The second-order valence-electron chi connectivity index (χ2n) is 6.32. The van der Waals surface area contributed by atoms with Crippen LogP contribution in [0.15, 0.2) is 59.8 Å². The number of benzene rings is 2. The Balaban J connectivity index is 1.67. The van der Waals surface area contributed by atoms with E-state index in [1.807, 2.05) is 36.4 Å². The molecule has 0 aliphatic rings. The third-order valence-electron chi connectivity index (χ3n) is 4.19. The highest BCUT2D eigenvalue weighted by Gasteiger charge is 2.13.